The molecule has 0 fully saturated rings. The van der Waals surface area contributed by atoms with Crippen LogP contribution in [0, 0.1) is 6.92 Å². The third-order valence-electron chi connectivity index (χ3n) is 6.92. The number of anilines is 1. The number of nitrogens with zero attached hydrogens (tertiary/aromatic N) is 1. The molecule has 1 atom stereocenters. The lowest BCUT2D eigenvalue weighted by Crippen LogP contribution is -2.47. The standard InChI is InChI=1S/C28H30Cl2N2O4S/c1-4-28(5-2)17-23(21-9-6-7-12-25(21)36-28)31-26(33)18-32(24-11-8-10-22(29)27(24)30)37(34,35)20-15-13-19(3)14-16-20/h6-16,23H,4-5,17-18H2,1-3H3,(H,31,33). The van der Waals surface area contributed by atoms with Gasteiger partial charge in [0.05, 0.1) is 26.7 Å². The summed E-state index contributed by atoms with van der Waals surface area (Å²) in [4.78, 5) is 13.5. The number of para-hydroxylation sites is 1. The largest absolute Gasteiger partial charge is 0.487 e. The Morgan fingerprint density at radius 3 is 2.38 bits per heavy atom. The zero-order valence-corrected chi connectivity index (χ0v) is 23.3. The molecule has 0 saturated heterocycles. The first kappa shape index (κ1) is 27.3. The second kappa shape index (κ2) is 10.9. The number of sulfonamides is 1. The summed E-state index contributed by atoms with van der Waals surface area (Å²) in [6.45, 7) is 5.52. The number of halogens is 2. The number of hydrogen-bond acceptors (Lipinski definition) is 4. The number of ether oxygens (including phenoxy) is 1. The Balaban J connectivity index is 1.69. The van der Waals surface area contributed by atoms with Crippen LogP contribution in [0.15, 0.2) is 71.6 Å². The van der Waals surface area contributed by atoms with Crippen LogP contribution in [-0.2, 0) is 14.8 Å². The molecule has 196 valence electrons. The van der Waals surface area contributed by atoms with Gasteiger partial charge in [-0.3, -0.25) is 9.10 Å². The number of fused-ring (bicyclic) bond motifs is 1. The molecule has 0 radical (unpaired) electrons. The summed E-state index contributed by atoms with van der Waals surface area (Å²) in [6.07, 6.45) is 2.12. The van der Waals surface area contributed by atoms with E-state index in [-0.39, 0.29) is 26.7 Å². The molecule has 3 aromatic carbocycles. The lowest BCUT2D eigenvalue weighted by atomic mass is 9.83. The second-order valence-electron chi connectivity index (χ2n) is 9.25. The molecule has 0 aromatic heterocycles. The summed E-state index contributed by atoms with van der Waals surface area (Å²) in [5.41, 5.74) is 1.49. The molecule has 1 unspecified atom stereocenters. The van der Waals surface area contributed by atoms with Gasteiger partial charge in [0, 0.05) is 12.0 Å². The van der Waals surface area contributed by atoms with Gasteiger partial charge in [0.15, 0.2) is 0 Å². The van der Waals surface area contributed by atoms with Crippen molar-refractivity contribution in [1.29, 1.82) is 0 Å². The van der Waals surface area contributed by atoms with Crippen LogP contribution >= 0.6 is 23.2 Å². The molecular weight excluding hydrogens is 531 g/mol. The maximum atomic E-state index is 13.8. The molecule has 6 nitrogen and oxygen atoms in total. The van der Waals surface area contributed by atoms with Gasteiger partial charge in [-0.05, 0) is 50.1 Å². The van der Waals surface area contributed by atoms with E-state index in [0.29, 0.717) is 6.42 Å². The number of carbonyl (C=O) groups is 1. The van der Waals surface area contributed by atoms with E-state index in [1.54, 1.807) is 24.3 Å². The summed E-state index contributed by atoms with van der Waals surface area (Å²) >= 11 is 12.7. The van der Waals surface area contributed by atoms with Gasteiger partial charge in [-0.25, -0.2) is 8.42 Å². The number of carbonyl (C=O) groups excluding carboxylic acids is 1. The lowest BCUT2D eigenvalue weighted by Gasteiger charge is -2.41. The Kier molecular flexibility index (Phi) is 8.07. The highest BCUT2D eigenvalue weighted by Crippen LogP contribution is 2.43. The van der Waals surface area contributed by atoms with Gasteiger partial charge in [-0.2, -0.15) is 0 Å². The molecule has 1 amide bonds. The predicted octanol–water partition coefficient (Wildman–Crippen LogP) is 6.70. The van der Waals surface area contributed by atoms with Crippen LogP contribution in [0.25, 0.3) is 0 Å². The maximum Gasteiger partial charge on any atom is 0.264 e. The third kappa shape index (κ3) is 5.59. The number of hydrogen-bond donors (Lipinski definition) is 1. The molecule has 9 heteroatoms. The molecule has 0 aliphatic carbocycles. The number of aryl methyl sites for hydroxylation is 1. The van der Waals surface area contributed by atoms with Crippen molar-refractivity contribution in [2.24, 2.45) is 0 Å². The molecule has 1 aliphatic heterocycles. The molecular formula is C28H30Cl2N2O4S. The average molecular weight is 562 g/mol. The van der Waals surface area contributed by atoms with Crippen molar-refractivity contribution in [2.45, 2.75) is 56.6 Å². The first-order chi connectivity index (χ1) is 17.6. The highest BCUT2D eigenvalue weighted by atomic mass is 35.5. The Morgan fingerprint density at radius 2 is 1.70 bits per heavy atom. The summed E-state index contributed by atoms with van der Waals surface area (Å²) in [5.74, 6) is 0.263. The fourth-order valence-corrected chi connectivity index (χ4v) is 6.50. The molecule has 0 spiro atoms. The van der Waals surface area contributed by atoms with Gasteiger partial charge < -0.3 is 10.1 Å². The second-order valence-corrected chi connectivity index (χ2v) is 11.9. The van der Waals surface area contributed by atoms with Gasteiger partial charge >= 0.3 is 0 Å². The first-order valence-corrected chi connectivity index (χ1v) is 14.4. The fraction of sp³-hybridized carbons (Fsp3) is 0.321. The van der Waals surface area contributed by atoms with Crippen LogP contribution in [-0.4, -0.2) is 26.5 Å². The third-order valence-corrected chi connectivity index (χ3v) is 9.50. The van der Waals surface area contributed by atoms with E-state index in [9.17, 15) is 13.2 Å². The summed E-state index contributed by atoms with van der Waals surface area (Å²) in [6, 6.07) is 18.4. The van der Waals surface area contributed by atoms with Crippen LogP contribution in [0.2, 0.25) is 10.0 Å². The zero-order chi connectivity index (χ0) is 26.8. The van der Waals surface area contributed by atoms with Crippen molar-refractivity contribution in [3.8, 4) is 5.75 Å². The number of benzene rings is 3. The van der Waals surface area contributed by atoms with Crippen LogP contribution in [0.4, 0.5) is 5.69 Å². The summed E-state index contributed by atoms with van der Waals surface area (Å²) in [5, 5.41) is 3.31. The number of nitrogens with one attached hydrogen (secondary N) is 1. The average Bonchev–Trinajstić information content (AvgIpc) is 2.89. The molecule has 1 aliphatic rings. The van der Waals surface area contributed by atoms with E-state index < -0.39 is 28.1 Å². The minimum Gasteiger partial charge on any atom is -0.487 e. The molecule has 0 bridgehead atoms. The molecule has 0 saturated carbocycles. The van der Waals surface area contributed by atoms with Gasteiger partial charge in [-0.1, -0.05) is 79.0 Å². The minimum atomic E-state index is -4.13. The van der Waals surface area contributed by atoms with E-state index in [2.05, 4.69) is 19.2 Å². The summed E-state index contributed by atoms with van der Waals surface area (Å²) in [7, 11) is -4.13. The van der Waals surface area contributed by atoms with E-state index in [1.165, 1.54) is 18.2 Å². The van der Waals surface area contributed by atoms with Crippen molar-refractivity contribution >= 4 is 44.8 Å². The maximum absolute atomic E-state index is 13.8. The van der Waals surface area contributed by atoms with Gasteiger partial charge in [0.2, 0.25) is 5.91 Å². The molecule has 4 rings (SSSR count). The van der Waals surface area contributed by atoms with E-state index in [4.69, 9.17) is 27.9 Å². The Bertz CT molecular complexity index is 1390. The molecule has 1 N–H and O–H groups in total. The number of rotatable bonds is 8. The quantitative estimate of drug-likeness (QED) is 0.332. The van der Waals surface area contributed by atoms with Crippen molar-refractivity contribution in [3.05, 3.63) is 87.9 Å². The lowest BCUT2D eigenvalue weighted by molar-refractivity contribution is -0.121. The van der Waals surface area contributed by atoms with Crippen molar-refractivity contribution in [2.75, 3.05) is 10.8 Å². The van der Waals surface area contributed by atoms with Gasteiger partial charge in [0.1, 0.15) is 17.9 Å². The van der Waals surface area contributed by atoms with E-state index >= 15 is 0 Å². The molecule has 37 heavy (non-hydrogen) atoms. The Labute approximate surface area is 228 Å². The molecule has 3 aromatic rings. The fourth-order valence-electron chi connectivity index (χ4n) is 4.62. The summed E-state index contributed by atoms with van der Waals surface area (Å²) < 4.78 is 34.9. The van der Waals surface area contributed by atoms with Crippen LogP contribution in [0.5, 0.6) is 5.75 Å². The van der Waals surface area contributed by atoms with Crippen LogP contribution in [0.1, 0.15) is 50.3 Å². The Hall–Kier alpha value is -2.74. The van der Waals surface area contributed by atoms with Crippen molar-refractivity contribution < 1.29 is 17.9 Å². The highest BCUT2D eigenvalue weighted by molar-refractivity contribution is 7.92. The zero-order valence-electron chi connectivity index (χ0n) is 21.0. The van der Waals surface area contributed by atoms with Crippen molar-refractivity contribution in [3.63, 3.8) is 0 Å². The van der Waals surface area contributed by atoms with Crippen LogP contribution in [0.3, 0.4) is 0 Å². The molecule has 1 heterocycles. The smallest absolute Gasteiger partial charge is 0.264 e. The van der Waals surface area contributed by atoms with Crippen molar-refractivity contribution in [1.82, 2.24) is 5.32 Å². The minimum absolute atomic E-state index is 0.0503. The van der Waals surface area contributed by atoms with Gasteiger partial charge in [-0.15, -0.1) is 0 Å². The van der Waals surface area contributed by atoms with Gasteiger partial charge in [0.25, 0.3) is 10.0 Å². The Morgan fingerprint density at radius 1 is 1.03 bits per heavy atom. The van der Waals surface area contributed by atoms with E-state index in [1.807, 2.05) is 31.2 Å². The normalized spacial score (nSPS) is 16.4. The van der Waals surface area contributed by atoms with E-state index in [0.717, 1.165) is 34.0 Å². The van der Waals surface area contributed by atoms with Crippen LogP contribution < -0.4 is 14.4 Å². The predicted molar refractivity (Wildman–Crippen MR) is 148 cm³/mol. The first-order valence-electron chi connectivity index (χ1n) is 12.2. The highest BCUT2D eigenvalue weighted by Gasteiger charge is 2.39. The monoisotopic (exact) mass is 560 g/mol. The number of amides is 1. The topological polar surface area (TPSA) is 75.7 Å². The SMILES string of the molecule is CCC1(CC)CC(NC(=O)CN(c2cccc(Cl)c2Cl)S(=O)(=O)c2ccc(C)cc2)c2ccccc2O1.